The van der Waals surface area contributed by atoms with Gasteiger partial charge in [-0.15, -0.1) is 0 Å². The fraction of sp³-hybridized carbons (Fsp3) is 0.100. The van der Waals surface area contributed by atoms with Gasteiger partial charge < -0.3 is 0 Å². The largest absolute Gasteiger partial charge is 0.298 e. The second kappa shape index (κ2) is 4.45. The zero-order valence-electron chi connectivity index (χ0n) is 7.05. The highest BCUT2D eigenvalue weighted by Gasteiger charge is 2.03. The Morgan fingerprint density at radius 2 is 1.69 bits per heavy atom. The minimum Gasteiger partial charge on any atom is -0.298 e. The summed E-state index contributed by atoms with van der Waals surface area (Å²) in [7, 11) is 0. The maximum atomic E-state index is 10.6. The lowest BCUT2D eigenvalue weighted by molar-refractivity contribution is 0.112. The minimum atomic E-state index is 0.400. The Kier molecular flexibility index (Phi) is 3.52. The molecule has 0 radical (unpaired) electrons. The summed E-state index contributed by atoms with van der Waals surface area (Å²) in [5.74, 6) is 0. The van der Waals surface area contributed by atoms with Gasteiger partial charge in [-0.25, -0.2) is 0 Å². The first-order chi connectivity index (χ1) is 6.19. The van der Waals surface area contributed by atoms with Crippen molar-refractivity contribution in [3.05, 3.63) is 39.4 Å². The highest BCUT2D eigenvalue weighted by atomic mass is 35.5. The van der Waals surface area contributed by atoms with Crippen LogP contribution in [0.3, 0.4) is 0 Å². The number of aldehydes is 1. The van der Waals surface area contributed by atoms with Crippen LogP contribution >= 0.6 is 23.2 Å². The van der Waals surface area contributed by atoms with Crippen LogP contribution in [-0.2, 0) is 0 Å². The summed E-state index contributed by atoms with van der Waals surface area (Å²) in [5, 5.41) is 0.859. The summed E-state index contributed by atoms with van der Waals surface area (Å²) in [5.41, 5.74) is 1.33. The Morgan fingerprint density at radius 1 is 1.15 bits per heavy atom. The van der Waals surface area contributed by atoms with Crippen molar-refractivity contribution >= 4 is 35.6 Å². The maximum absolute atomic E-state index is 10.6. The summed E-state index contributed by atoms with van der Waals surface area (Å²) in [4.78, 5) is 10.6. The van der Waals surface area contributed by atoms with E-state index in [9.17, 15) is 4.79 Å². The number of benzene rings is 1. The first-order valence-electron chi connectivity index (χ1n) is 3.76. The van der Waals surface area contributed by atoms with Gasteiger partial charge in [0.05, 0.1) is 10.0 Å². The summed E-state index contributed by atoms with van der Waals surface area (Å²) < 4.78 is 0. The van der Waals surface area contributed by atoms with E-state index in [1.165, 1.54) is 0 Å². The van der Waals surface area contributed by atoms with E-state index in [-0.39, 0.29) is 0 Å². The van der Waals surface area contributed by atoms with Gasteiger partial charge in [0.25, 0.3) is 0 Å². The number of carbonyl (C=O) groups excluding carboxylic acids is 1. The molecular weight excluding hydrogens is 207 g/mol. The quantitative estimate of drug-likeness (QED) is 0.685. The van der Waals surface area contributed by atoms with Crippen LogP contribution in [0.1, 0.15) is 22.8 Å². The van der Waals surface area contributed by atoms with E-state index in [4.69, 9.17) is 23.2 Å². The lowest BCUT2D eigenvalue weighted by Gasteiger charge is -2.01. The molecule has 0 bridgehead atoms. The number of rotatable bonds is 2. The minimum absolute atomic E-state index is 0.400. The summed E-state index contributed by atoms with van der Waals surface area (Å²) in [6.07, 6.45) is 4.41. The van der Waals surface area contributed by atoms with Gasteiger partial charge in [-0.05, 0) is 24.6 Å². The standard InChI is InChI=1S/C10H8Cl2O/c1-2-3-7-4-9(11)10(12)5-8(7)6-13/h2-6H,1H3/b3-2+. The first kappa shape index (κ1) is 10.3. The van der Waals surface area contributed by atoms with E-state index in [2.05, 4.69) is 0 Å². The van der Waals surface area contributed by atoms with Crippen molar-refractivity contribution in [3.8, 4) is 0 Å². The predicted molar refractivity (Wildman–Crippen MR) is 56.6 cm³/mol. The Bertz CT molecular complexity index is 356. The first-order valence-corrected chi connectivity index (χ1v) is 4.51. The van der Waals surface area contributed by atoms with Gasteiger partial charge in [0.15, 0.2) is 6.29 Å². The van der Waals surface area contributed by atoms with E-state index in [0.717, 1.165) is 11.8 Å². The van der Waals surface area contributed by atoms with Crippen LogP contribution in [0, 0.1) is 0 Å². The summed E-state index contributed by atoms with van der Waals surface area (Å²) >= 11 is 11.5. The molecule has 0 heterocycles. The normalized spacial score (nSPS) is 10.7. The molecule has 0 aromatic heterocycles. The fourth-order valence-corrected chi connectivity index (χ4v) is 1.35. The van der Waals surface area contributed by atoms with E-state index in [0.29, 0.717) is 15.6 Å². The van der Waals surface area contributed by atoms with E-state index < -0.39 is 0 Å². The molecule has 0 aliphatic rings. The van der Waals surface area contributed by atoms with Gasteiger partial charge in [-0.3, -0.25) is 4.79 Å². The average Bonchev–Trinajstić information content (AvgIpc) is 2.11. The summed E-state index contributed by atoms with van der Waals surface area (Å²) in [6, 6.07) is 3.24. The van der Waals surface area contributed by atoms with E-state index in [1.807, 2.05) is 19.1 Å². The molecule has 1 aromatic rings. The number of hydrogen-bond acceptors (Lipinski definition) is 1. The van der Waals surface area contributed by atoms with Crippen LogP contribution in [0.2, 0.25) is 10.0 Å². The van der Waals surface area contributed by atoms with Crippen molar-refractivity contribution in [3.63, 3.8) is 0 Å². The molecule has 0 aliphatic heterocycles. The van der Waals surface area contributed by atoms with Gasteiger partial charge in [0.1, 0.15) is 0 Å². The fourth-order valence-electron chi connectivity index (χ4n) is 1.00. The van der Waals surface area contributed by atoms with Gasteiger partial charge in [0.2, 0.25) is 0 Å². The van der Waals surface area contributed by atoms with Gasteiger partial charge in [0, 0.05) is 5.56 Å². The van der Waals surface area contributed by atoms with Crippen molar-refractivity contribution in [2.45, 2.75) is 6.92 Å². The highest BCUT2D eigenvalue weighted by Crippen LogP contribution is 2.25. The summed E-state index contributed by atoms with van der Waals surface area (Å²) in [6.45, 7) is 1.87. The molecule has 13 heavy (non-hydrogen) atoms. The second-order valence-electron chi connectivity index (χ2n) is 2.51. The van der Waals surface area contributed by atoms with Crippen LogP contribution in [0.15, 0.2) is 18.2 Å². The van der Waals surface area contributed by atoms with Gasteiger partial charge in [-0.2, -0.15) is 0 Å². The Hall–Kier alpha value is -0.790. The third-order valence-electron chi connectivity index (χ3n) is 1.60. The SMILES string of the molecule is C/C=C/c1cc(Cl)c(Cl)cc1C=O. The van der Waals surface area contributed by atoms with Crippen molar-refractivity contribution in [2.24, 2.45) is 0 Å². The highest BCUT2D eigenvalue weighted by molar-refractivity contribution is 6.42. The van der Waals surface area contributed by atoms with Crippen molar-refractivity contribution < 1.29 is 4.79 Å². The van der Waals surface area contributed by atoms with Crippen LogP contribution in [0.5, 0.6) is 0 Å². The number of halogens is 2. The Balaban J connectivity index is 3.32. The second-order valence-corrected chi connectivity index (χ2v) is 3.33. The molecule has 1 aromatic carbocycles. The molecule has 68 valence electrons. The third-order valence-corrected chi connectivity index (χ3v) is 2.32. The van der Waals surface area contributed by atoms with Crippen LogP contribution in [0.4, 0.5) is 0 Å². The topological polar surface area (TPSA) is 17.1 Å². The smallest absolute Gasteiger partial charge is 0.150 e. The lowest BCUT2D eigenvalue weighted by atomic mass is 10.1. The average molecular weight is 215 g/mol. The predicted octanol–water partition coefficient (Wildman–Crippen LogP) is 3.84. The van der Waals surface area contributed by atoms with Gasteiger partial charge in [-0.1, -0.05) is 35.4 Å². The Morgan fingerprint density at radius 3 is 2.15 bits per heavy atom. The van der Waals surface area contributed by atoms with Crippen molar-refractivity contribution in [1.29, 1.82) is 0 Å². The molecule has 0 amide bonds. The molecule has 1 nitrogen and oxygen atoms in total. The molecule has 0 aliphatic carbocycles. The molecular formula is C10H8Cl2O. The molecule has 0 unspecified atom stereocenters. The molecule has 0 saturated heterocycles. The van der Waals surface area contributed by atoms with Gasteiger partial charge >= 0.3 is 0 Å². The molecule has 0 spiro atoms. The molecule has 0 fully saturated rings. The molecule has 3 heteroatoms. The lowest BCUT2D eigenvalue weighted by Crippen LogP contribution is -1.86. The van der Waals surface area contributed by atoms with E-state index in [1.54, 1.807) is 12.1 Å². The third kappa shape index (κ3) is 2.33. The molecule has 0 N–H and O–H groups in total. The Labute approximate surface area is 87.0 Å². The molecule has 0 atom stereocenters. The van der Waals surface area contributed by atoms with Crippen LogP contribution in [0.25, 0.3) is 6.08 Å². The number of hydrogen-bond donors (Lipinski definition) is 0. The molecule has 0 saturated carbocycles. The number of carbonyl (C=O) groups is 1. The van der Waals surface area contributed by atoms with Crippen molar-refractivity contribution in [1.82, 2.24) is 0 Å². The molecule has 1 rings (SSSR count). The maximum Gasteiger partial charge on any atom is 0.150 e. The number of allylic oxidation sites excluding steroid dienone is 1. The van der Waals surface area contributed by atoms with Crippen molar-refractivity contribution in [2.75, 3.05) is 0 Å². The van der Waals surface area contributed by atoms with E-state index >= 15 is 0 Å². The van der Waals surface area contributed by atoms with Crippen LogP contribution in [-0.4, -0.2) is 6.29 Å². The monoisotopic (exact) mass is 214 g/mol. The zero-order valence-corrected chi connectivity index (χ0v) is 8.56. The zero-order chi connectivity index (χ0) is 9.84. The van der Waals surface area contributed by atoms with Crippen LogP contribution < -0.4 is 0 Å².